The maximum absolute atomic E-state index is 12.0. The van der Waals surface area contributed by atoms with Gasteiger partial charge in [0.1, 0.15) is 23.0 Å². The molecule has 1 heterocycles. The van der Waals surface area contributed by atoms with E-state index in [0.717, 1.165) is 28.3 Å². The number of H-pyrrole nitrogens is 1. The molecule has 0 saturated carbocycles. The van der Waals surface area contributed by atoms with Crippen LogP contribution in [0.4, 0.5) is 0 Å². The van der Waals surface area contributed by atoms with Gasteiger partial charge in [0.05, 0.1) is 5.69 Å². The highest BCUT2D eigenvalue weighted by Gasteiger charge is 2.17. The van der Waals surface area contributed by atoms with Crippen molar-refractivity contribution in [3.8, 4) is 22.6 Å². The summed E-state index contributed by atoms with van der Waals surface area (Å²) in [6.07, 6.45) is 0. The molecule has 0 radical (unpaired) electrons. The number of nitrogens with one attached hydrogen (secondary N) is 1. The summed E-state index contributed by atoms with van der Waals surface area (Å²) in [5, 5.41) is 0.691. The second-order valence-corrected chi connectivity index (χ2v) is 7.33. The lowest BCUT2D eigenvalue weighted by Crippen LogP contribution is -2.07. The van der Waals surface area contributed by atoms with Crippen LogP contribution < -0.4 is 0 Å². The zero-order valence-corrected chi connectivity index (χ0v) is 14.3. The molecule has 23 heavy (non-hydrogen) atoms. The molecule has 0 aliphatic heterocycles. The Hall–Kier alpha value is -1.75. The van der Waals surface area contributed by atoms with Gasteiger partial charge < -0.3 is 9.54 Å². The number of halogens is 1. The number of aromatic amines is 1. The van der Waals surface area contributed by atoms with Crippen molar-refractivity contribution in [2.75, 3.05) is 5.75 Å². The van der Waals surface area contributed by atoms with Crippen molar-refractivity contribution in [1.82, 2.24) is 9.97 Å². The Bertz CT molecular complexity index is 771. The van der Waals surface area contributed by atoms with Gasteiger partial charge in [-0.2, -0.15) is 0 Å². The van der Waals surface area contributed by atoms with Crippen molar-refractivity contribution in [2.45, 2.75) is 12.7 Å². The Morgan fingerprint density at radius 1 is 1.04 bits per heavy atom. The summed E-state index contributed by atoms with van der Waals surface area (Å²) in [6.45, 7) is 1.92. The first kappa shape index (κ1) is 16.1. The van der Waals surface area contributed by atoms with Gasteiger partial charge in [-0.15, -0.1) is 0 Å². The topological polar surface area (TPSA) is 51.7 Å². The fourth-order valence-corrected chi connectivity index (χ4v) is 3.20. The number of nitrogens with zero attached hydrogens (tertiary/aromatic N) is 1. The molecule has 0 aliphatic carbocycles. The van der Waals surface area contributed by atoms with Crippen LogP contribution in [0.15, 0.2) is 54.6 Å². The van der Waals surface area contributed by atoms with Crippen LogP contribution in [-0.4, -0.2) is 20.3 Å². The minimum absolute atomic E-state index is 0.449. The molecule has 0 spiro atoms. The number of aromatic nitrogens is 2. The van der Waals surface area contributed by atoms with Crippen LogP contribution >= 0.6 is 11.6 Å². The van der Waals surface area contributed by atoms with Gasteiger partial charge in [0.15, 0.2) is 0 Å². The van der Waals surface area contributed by atoms with E-state index >= 15 is 0 Å². The lowest BCUT2D eigenvalue weighted by Gasteiger charge is -2.07. The quantitative estimate of drug-likeness (QED) is 0.684. The smallest absolute Gasteiger partial charge is 0.149 e. The number of hydrogen-bond donors (Lipinski definition) is 1. The predicted octanol–water partition coefficient (Wildman–Crippen LogP) is 4.67. The minimum Gasteiger partial charge on any atom is -0.616 e. The van der Waals surface area contributed by atoms with Gasteiger partial charge in [-0.05, 0) is 42.4 Å². The molecule has 0 fully saturated rings. The van der Waals surface area contributed by atoms with Crippen LogP contribution in [0, 0.1) is 0 Å². The van der Waals surface area contributed by atoms with E-state index in [9.17, 15) is 4.55 Å². The van der Waals surface area contributed by atoms with Gasteiger partial charge in [0.2, 0.25) is 0 Å². The van der Waals surface area contributed by atoms with Gasteiger partial charge in [0.25, 0.3) is 0 Å². The van der Waals surface area contributed by atoms with E-state index < -0.39 is 11.2 Å². The second kappa shape index (κ2) is 7.21. The Morgan fingerprint density at radius 3 is 2.39 bits per heavy atom. The van der Waals surface area contributed by atoms with E-state index in [0.29, 0.717) is 16.5 Å². The first-order valence-electron chi connectivity index (χ1n) is 7.42. The summed E-state index contributed by atoms with van der Waals surface area (Å²) in [5.74, 6) is 1.84. The van der Waals surface area contributed by atoms with Gasteiger partial charge in [-0.25, -0.2) is 4.98 Å². The number of hydrogen-bond acceptors (Lipinski definition) is 2. The third-order valence-electron chi connectivity index (χ3n) is 3.58. The SMILES string of the molecule is CC[S+]([O-])Cc1nc(-c2ccc(Cl)cc2)[nH]c1-c1ccccc1. The summed E-state index contributed by atoms with van der Waals surface area (Å²) in [6, 6.07) is 17.5. The van der Waals surface area contributed by atoms with Crippen molar-refractivity contribution >= 4 is 22.8 Å². The van der Waals surface area contributed by atoms with Crippen LogP contribution in [-0.2, 0) is 16.9 Å². The molecule has 3 nitrogen and oxygen atoms in total. The molecular formula is C18H17ClN2OS. The van der Waals surface area contributed by atoms with Crippen molar-refractivity contribution in [3.05, 3.63) is 65.3 Å². The van der Waals surface area contributed by atoms with Crippen LogP contribution in [0.5, 0.6) is 0 Å². The van der Waals surface area contributed by atoms with E-state index in [1.165, 1.54) is 0 Å². The highest BCUT2D eigenvalue weighted by Crippen LogP contribution is 2.28. The third kappa shape index (κ3) is 3.78. The highest BCUT2D eigenvalue weighted by molar-refractivity contribution is 7.90. The molecule has 3 rings (SSSR count). The van der Waals surface area contributed by atoms with E-state index in [1.54, 1.807) is 0 Å². The first-order chi connectivity index (χ1) is 11.2. The molecule has 0 saturated heterocycles. The van der Waals surface area contributed by atoms with Crippen molar-refractivity contribution in [2.24, 2.45) is 0 Å². The van der Waals surface area contributed by atoms with Crippen molar-refractivity contribution < 1.29 is 4.55 Å². The molecule has 0 aliphatic rings. The molecule has 1 unspecified atom stereocenters. The maximum Gasteiger partial charge on any atom is 0.149 e. The van der Waals surface area contributed by atoms with Gasteiger partial charge >= 0.3 is 0 Å². The maximum atomic E-state index is 12.0. The molecule has 0 amide bonds. The van der Waals surface area contributed by atoms with Crippen LogP contribution in [0.2, 0.25) is 5.02 Å². The van der Waals surface area contributed by atoms with E-state index in [1.807, 2.05) is 61.5 Å². The molecular weight excluding hydrogens is 328 g/mol. The summed E-state index contributed by atoms with van der Waals surface area (Å²) < 4.78 is 12.0. The molecule has 2 aromatic carbocycles. The van der Waals surface area contributed by atoms with Crippen LogP contribution in [0.1, 0.15) is 12.6 Å². The Morgan fingerprint density at radius 2 is 1.74 bits per heavy atom. The normalized spacial score (nSPS) is 12.3. The second-order valence-electron chi connectivity index (χ2n) is 5.15. The van der Waals surface area contributed by atoms with Gasteiger partial charge in [0, 0.05) is 16.1 Å². The van der Waals surface area contributed by atoms with E-state index in [4.69, 9.17) is 11.6 Å². The molecule has 3 aromatic rings. The summed E-state index contributed by atoms with van der Waals surface area (Å²) >= 11 is 5.04. The average molecular weight is 345 g/mol. The monoisotopic (exact) mass is 344 g/mol. The molecule has 1 N–H and O–H groups in total. The Kier molecular flexibility index (Phi) is 5.06. The highest BCUT2D eigenvalue weighted by atomic mass is 35.5. The third-order valence-corrected chi connectivity index (χ3v) is 5.07. The lowest BCUT2D eigenvalue weighted by atomic mass is 10.1. The van der Waals surface area contributed by atoms with E-state index in [-0.39, 0.29) is 0 Å². The summed E-state index contributed by atoms with van der Waals surface area (Å²) in [7, 11) is 0. The van der Waals surface area contributed by atoms with Crippen molar-refractivity contribution in [1.29, 1.82) is 0 Å². The fraction of sp³-hybridized carbons (Fsp3) is 0.167. The standard InChI is InChI=1S/C18H17ClN2OS/c1-2-23(22)12-16-17(13-6-4-3-5-7-13)21-18(20-16)14-8-10-15(19)11-9-14/h3-11H,2,12H2,1H3,(H,20,21). The fourth-order valence-electron chi connectivity index (χ4n) is 2.36. The largest absolute Gasteiger partial charge is 0.616 e. The van der Waals surface area contributed by atoms with E-state index in [2.05, 4.69) is 9.97 Å². The van der Waals surface area contributed by atoms with Gasteiger partial charge in [-0.1, -0.05) is 41.9 Å². The Balaban J connectivity index is 2.04. The molecule has 0 bridgehead atoms. The molecule has 5 heteroatoms. The molecule has 118 valence electrons. The predicted molar refractivity (Wildman–Crippen MR) is 96.9 cm³/mol. The zero-order chi connectivity index (χ0) is 16.2. The number of rotatable bonds is 5. The zero-order valence-electron chi connectivity index (χ0n) is 12.8. The average Bonchev–Trinajstić information content (AvgIpc) is 3.00. The lowest BCUT2D eigenvalue weighted by molar-refractivity contribution is 0.595. The van der Waals surface area contributed by atoms with Crippen LogP contribution in [0.25, 0.3) is 22.6 Å². The number of benzene rings is 2. The van der Waals surface area contributed by atoms with Crippen LogP contribution in [0.3, 0.4) is 0 Å². The van der Waals surface area contributed by atoms with Crippen molar-refractivity contribution in [3.63, 3.8) is 0 Å². The van der Waals surface area contributed by atoms with Gasteiger partial charge in [-0.3, -0.25) is 0 Å². The number of imidazole rings is 1. The summed E-state index contributed by atoms with van der Waals surface area (Å²) in [4.78, 5) is 8.06. The molecule has 1 atom stereocenters. The summed E-state index contributed by atoms with van der Waals surface area (Å²) in [5.41, 5.74) is 3.77. The minimum atomic E-state index is -0.912. The first-order valence-corrected chi connectivity index (χ1v) is 9.29. The molecule has 1 aromatic heterocycles. The Labute approximate surface area is 143 Å².